The lowest BCUT2D eigenvalue weighted by molar-refractivity contribution is 0.520. The van der Waals surface area contributed by atoms with E-state index in [0.717, 1.165) is 17.7 Å². The van der Waals surface area contributed by atoms with Gasteiger partial charge in [0.25, 0.3) is 0 Å². The van der Waals surface area contributed by atoms with E-state index in [2.05, 4.69) is 17.6 Å². The van der Waals surface area contributed by atoms with Gasteiger partial charge in [0.1, 0.15) is 5.82 Å². The summed E-state index contributed by atoms with van der Waals surface area (Å²) in [6, 6.07) is 5.29. The zero-order valence-corrected chi connectivity index (χ0v) is 9.60. The Morgan fingerprint density at radius 3 is 2.80 bits per heavy atom. The van der Waals surface area contributed by atoms with E-state index in [1.807, 2.05) is 20.0 Å². The molecule has 0 aliphatic heterocycles. The highest BCUT2D eigenvalue weighted by molar-refractivity contribution is 5.26. The second kappa shape index (κ2) is 5.83. The molecule has 2 N–H and O–H groups in total. The van der Waals surface area contributed by atoms with Gasteiger partial charge in [-0.1, -0.05) is 6.07 Å². The first-order valence-electron chi connectivity index (χ1n) is 5.26. The Bertz CT molecular complexity index is 312. The van der Waals surface area contributed by atoms with Gasteiger partial charge in [0, 0.05) is 19.1 Å². The van der Waals surface area contributed by atoms with Crippen LogP contribution in [0.5, 0.6) is 0 Å². The number of likely N-dealkylation sites (N-methyl/N-ethyl adjacent to an activating group) is 1. The molecule has 0 saturated carbocycles. The number of benzene rings is 1. The van der Waals surface area contributed by atoms with E-state index in [0.29, 0.717) is 12.6 Å². The van der Waals surface area contributed by atoms with Crippen molar-refractivity contribution < 1.29 is 4.39 Å². The normalized spacial score (nSPS) is 12.8. The maximum Gasteiger partial charge on any atom is 0.123 e. The van der Waals surface area contributed by atoms with Crippen LogP contribution in [0.15, 0.2) is 18.2 Å². The number of nitrogens with one attached hydrogen (secondary N) is 2. The number of rotatable bonds is 5. The van der Waals surface area contributed by atoms with Crippen LogP contribution in [0.2, 0.25) is 0 Å². The molecule has 1 atom stereocenters. The molecule has 0 saturated heterocycles. The minimum absolute atomic E-state index is 0.168. The predicted octanol–water partition coefficient (Wildman–Crippen LogP) is 1.83. The summed E-state index contributed by atoms with van der Waals surface area (Å²) in [6.07, 6.45) is 0. The van der Waals surface area contributed by atoms with Crippen LogP contribution < -0.4 is 10.6 Å². The molecule has 0 aliphatic rings. The van der Waals surface area contributed by atoms with Crippen molar-refractivity contribution in [3.8, 4) is 0 Å². The largest absolute Gasteiger partial charge is 0.318 e. The van der Waals surface area contributed by atoms with E-state index >= 15 is 0 Å². The summed E-state index contributed by atoms with van der Waals surface area (Å²) in [5.74, 6) is -0.168. The van der Waals surface area contributed by atoms with Crippen molar-refractivity contribution in [1.29, 1.82) is 0 Å². The van der Waals surface area contributed by atoms with Crippen LogP contribution in [0.3, 0.4) is 0 Å². The Balaban J connectivity index is 2.53. The van der Waals surface area contributed by atoms with Gasteiger partial charge in [0.15, 0.2) is 0 Å². The lowest BCUT2D eigenvalue weighted by Crippen LogP contribution is -2.34. The standard InChI is InChI=1S/C12H19FN2/c1-9-4-5-12(13)6-11(9)8-15-10(2)7-14-3/h4-6,10,14-15H,7-8H2,1-3H3. The van der Waals surface area contributed by atoms with Crippen molar-refractivity contribution in [2.75, 3.05) is 13.6 Å². The minimum Gasteiger partial charge on any atom is -0.318 e. The summed E-state index contributed by atoms with van der Waals surface area (Å²) in [5.41, 5.74) is 2.15. The molecule has 84 valence electrons. The molecule has 2 nitrogen and oxygen atoms in total. The van der Waals surface area contributed by atoms with Crippen LogP contribution >= 0.6 is 0 Å². The van der Waals surface area contributed by atoms with Gasteiger partial charge in [-0.15, -0.1) is 0 Å². The summed E-state index contributed by atoms with van der Waals surface area (Å²) in [6.45, 7) is 5.73. The van der Waals surface area contributed by atoms with Crippen molar-refractivity contribution in [2.45, 2.75) is 26.4 Å². The summed E-state index contributed by atoms with van der Waals surface area (Å²) in [4.78, 5) is 0. The lowest BCUT2D eigenvalue weighted by Gasteiger charge is -2.14. The highest BCUT2D eigenvalue weighted by Gasteiger charge is 2.03. The van der Waals surface area contributed by atoms with E-state index < -0.39 is 0 Å². The maximum atomic E-state index is 13.0. The van der Waals surface area contributed by atoms with E-state index in [9.17, 15) is 4.39 Å². The van der Waals surface area contributed by atoms with Crippen LogP contribution in [0.25, 0.3) is 0 Å². The first kappa shape index (κ1) is 12.1. The maximum absolute atomic E-state index is 13.0. The third-order valence-electron chi connectivity index (χ3n) is 2.46. The van der Waals surface area contributed by atoms with Crippen LogP contribution in [-0.4, -0.2) is 19.6 Å². The zero-order valence-electron chi connectivity index (χ0n) is 9.60. The van der Waals surface area contributed by atoms with Crippen molar-refractivity contribution in [2.24, 2.45) is 0 Å². The van der Waals surface area contributed by atoms with Crippen LogP contribution in [-0.2, 0) is 6.54 Å². The SMILES string of the molecule is CNCC(C)NCc1cc(F)ccc1C. The van der Waals surface area contributed by atoms with Crippen LogP contribution in [0, 0.1) is 12.7 Å². The lowest BCUT2D eigenvalue weighted by atomic mass is 10.1. The molecule has 0 fully saturated rings. The molecule has 0 aromatic heterocycles. The fourth-order valence-electron chi connectivity index (χ4n) is 1.49. The van der Waals surface area contributed by atoms with Gasteiger partial charge in [-0.05, 0) is 44.2 Å². The van der Waals surface area contributed by atoms with Gasteiger partial charge >= 0.3 is 0 Å². The van der Waals surface area contributed by atoms with Gasteiger partial charge in [-0.2, -0.15) is 0 Å². The van der Waals surface area contributed by atoms with E-state index in [1.165, 1.54) is 6.07 Å². The van der Waals surface area contributed by atoms with Crippen molar-refractivity contribution >= 4 is 0 Å². The molecular weight excluding hydrogens is 191 g/mol. The average molecular weight is 210 g/mol. The van der Waals surface area contributed by atoms with E-state index in [4.69, 9.17) is 0 Å². The fourth-order valence-corrected chi connectivity index (χ4v) is 1.49. The number of hydrogen-bond acceptors (Lipinski definition) is 2. The molecule has 3 heteroatoms. The summed E-state index contributed by atoms with van der Waals surface area (Å²) < 4.78 is 13.0. The molecular formula is C12H19FN2. The molecule has 0 heterocycles. The first-order valence-corrected chi connectivity index (χ1v) is 5.26. The van der Waals surface area contributed by atoms with Gasteiger partial charge < -0.3 is 10.6 Å². The number of hydrogen-bond donors (Lipinski definition) is 2. The Kier molecular flexibility index (Phi) is 4.72. The smallest absolute Gasteiger partial charge is 0.123 e. The molecule has 1 aromatic carbocycles. The molecule has 0 spiro atoms. The molecule has 0 bridgehead atoms. The highest BCUT2D eigenvalue weighted by Crippen LogP contribution is 2.09. The third-order valence-corrected chi connectivity index (χ3v) is 2.46. The molecule has 0 amide bonds. The molecule has 15 heavy (non-hydrogen) atoms. The highest BCUT2D eigenvalue weighted by atomic mass is 19.1. The summed E-state index contributed by atoms with van der Waals surface area (Å²) in [7, 11) is 1.92. The van der Waals surface area contributed by atoms with Crippen molar-refractivity contribution in [1.82, 2.24) is 10.6 Å². The quantitative estimate of drug-likeness (QED) is 0.775. The minimum atomic E-state index is -0.168. The van der Waals surface area contributed by atoms with Gasteiger partial charge in [-0.25, -0.2) is 4.39 Å². The molecule has 1 rings (SSSR count). The van der Waals surface area contributed by atoms with E-state index in [1.54, 1.807) is 6.07 Å². The topological polar surface area (TPSA) is 24.1 Å². The number of aryl methyl sites for hydroxylation is 1. The van der Waals surface area contributed by atoms with Crippen molar-refractivity contribution in [3.63, 3.8) is 0 Å². The monoisotopic (exact) mass is 210 g/mol. The average Bonchev–Trinajstić information content (AvgIpc) is 2.20. The van der Waals surface area contributed by atoms with Gasteiger partial charge in [0.2, 0.25) is 0 Å². The Hall–Kier alpha value is -0.930. The summed E-state index contributed by atoms with van der Waals surface area (Å²) >= 11 is 0. The summed E-state index contributed by atoms with van der Waals surface area (Å²) in [5, 5.41) is 6.43. The third kappa shape index (κ3) is 3.98. The Morgan fingerprint density at radius 2 is 2.13 bits per heavy atom. The van der Waals surface area contributed by atoms with Gasteiger partial charge in [-0.3, -0.25) is 0 Å². The Labute approximate surface area is 90.9 Å². The second-order valence-electron chi connectivity index (χ2n) is 3.91. The second-order valence-corrected chi connectivity index (χ2v) is 3.91. The van der Waals surface area contributed by atoms with Crippen LogP contribution in [0.4, 0.5) is 4.39 Å². The molecule has 0 radical (unpaired) electrons. The first-order chi connectivity index (χ1) is 7.13. The molecule has 1 aromatic rings. The molecule has 0 aliphatic carbocycles. The van der Waals surface area contributed by atoms with Crippen LogP contribution in [0.1, 0.15) is 18.1 Å². The molecule has 1 unspecified atom stereocenters. The fraction of sp³-hybridized carbons (Fsp3) is 0.500. The Morgan fingerprint density at radius 1 is 1.40 bits per heavy atom. The zero-order chi connectivity index (χ0) is 11.3. The van der Waals surface area contributed by atoms with Crippen molar-refractivity contribution in [3.05, 3.63) is 35.1 Å². The predicted molar refractivity (Wildman–Crippen MR) is 61.4 cm³/mol. The van der Waals surface area contributed by atoms with Gasteiger partial charge in [0.05, 0.1) is 0 Å². The van der Waals surface area contributed by atoms with E-state index in [-0.39, 0.29) is 5.82 Å². The number of halogens is 1.